The minimum Gasteiger partial charge on any atom is -0.507 e. The van der Waals surface area contributed by atoms with Crippen LogP contribution < -0.4 is 5.56 Å². The zero-order valence-electron chi connectivity index (χ0n) is 17.0. The molecule has 2 fully saturated rings. The van der Waals surface area contributed by atoms with Crippen LogP contribution in [0.5, 0.6) is 5.75 Å². The number of phenolic OH excluding ortho intramolecular Hbond substituents is 1. The normalized spacial score (nSPS) is 19.0. The highest BCUT2D eigenvalue weighted by atomic mass is 32.2. The molecule has 2 aliphatic heterocycles. The van der Waals surface area contributed by atoms with Gasteiger partial charge in [0, 0.05) is 13.0 Å². The van der Waals surface area contributed by atoms with Crippen LogP contribution in [0.1, 0.15) is 17.9 Å². The molecule has 0 saturated carbocycles. The molecule has 2 saturated heterocycles. The predicted molar refractivity (Wildman–Crippen MR) is 108 cm³/mol. The highest BCUT2D eigenvalue weighted by Crippen LogP contribution is 2.35. The molecule has 2 aromatic heterocycles. The first-order valence-electron chi connectivity index (χ1n) is 9.78. The number of ether oxygens (including phenoxy) is 2. The quantitative estimate of drug-likeness (QED) is 0.593. The van der Waals surface area contributed by atoms with Gasteiger partial charge in [-0.15, -0.1) is 5.10 Å². The molecule has 0 amide bonds. The van der Waals surface area contributed by atoms with Gasteiger partial charge in [0.25, 0.3) is 5.56 Å². The second kappa shape index (κ2) is 6.85. The lowest BCUT2D eigenvalue weighted by atomic mass is 10.2. The molecule has 0 radical (unpaired) electrons. The molecule has 2 N–H and O–H groups in total. The Morgan fingerprint density at radius 2 is 1.97 bits per heavy atom. The summed E-state index contributed by atoms with van der Waals surface area (Å²) in [4.78, 5) is 19.4. The van der Waals surface area contributed by atoms with Gasteiger partial charge in [-0.25, -0.2) is 17.9 Å². The third-order valence-corrected chi connectivity index (χ3v) is 7.51. The van der Waals surface area contributed by atoms with Gasteiger partial charge in [-0.3, -0.25) is 4.79 Å². The van der Waals surface area contributed by atoms with Crippen molar-refractivity contribution in [2.45, 2.75) is 31.0 Å². The number of imidazole rings is 1. The van der Waals surface area contributed by atoms with Crippen LogP contribution in [0.2, 0.25) is 0 Å². The van der Waals surface area contributed by atoms with Gasteiger partial charge in [-0.1, -0.05) is 0 Å². The molecule has 12 heteroatoms. The average molecular weight is 447 g/mol. The van der Waals surface area contributed by atoms with Crippen molar-refractivity contribution in [3.05, 3.63) is 40.1 Å². The van der Waals surface area contributed by atoms with Crippen LogP contribution in [0.3, 0.4) is 0 Å². The Morgan fingerprint density at radius 1 is 1.23 bits per heavy atom. The fourth-order valence-corrected chi connectivity index (χ4v) is 5.63. The van der Waals surface area contributed by atoms with E-state index in [9.17, 15) is 18.3 Å². The maximum atomic E-state index is 13.2. The Bertz CT molecular complexity index is 1360. The molecule has 1 aromatic carbocycles. The smallest absolute Gasteiger partial charge is 0.277 e. The number of nitrogens with zero attached hydrogens (tertiary/aromatic N) is 4. The monoisotopic (exact) mass is 447 g/mol. The molecule has 0 atom stereocenters. The third kappa shape index (κ3) is 3.14. The summed E-state index contributed by atoms with van der Waals surface area (Å²) in [5.41, 5.74) is 0.474. The number of aryl methyl sites for hydroxylation is 2. The number of aromatic nitrogens is 4. The maximum absolute atomic E-state index is 13.2. The number of rotatable bonds is 3. The van der Waals surface area contributed by atoms with E-state index >= 15 is 0 Å². The number of nitrogens with one attached hydrogen (secondary N) is 1. The van der Waals surface area contributed by atoms with E-state index < -0.39 is 21.4 Å². The van der Waals surface area contributed by atoms with Gasteiger partial charge in [-0.05, 0) is 32.0 Å². The van der Waals surface area contributed by atoms with Gasteiger partial charge in [0.1, 0.15) is 11.6 Å². The lowest BCUT2D eigenvalue weighted by Gasteiger charge is -2.22. The second-order valence-electron chi connectivity index (χ2n) is 7.68. The summed E-state index contributed by atoms with van der Waals surface area (Å²) < 4.78 is 40.4. The van der Waals surface area contributed by atoms with Crippen molar-refractivity contribution in [1.29, 1.82) is 0 Å². The van der Waals surface area contributed by atoms with Crippen LogP contribution in [0.4, 0.5) is 0 Å². The first kappa shape index (κ1) is 20.1. The fraction of sp³-hybridized carbons (Fsp3) is 0.421. The molecule has 0 aliphatic carbocycles. The van der Waals surface area contributed by atoms with E-state index in [-0.39, 0.29) is 35.1 Å². The first-order valence-corrected chi connectivity index (χ1v) is 11.2. The van der Waals surface area contributed by atoms with E-state index in [4.69, 9.17) is 9.47 Å². The third-order valence-electron chi connectivity index (χ3n) is 5.67. The second-order valence-corrected chi connectivity index (χ2v) is 9.62. The molecule has 31 heavy (non-hydrogen) atoms. The number of H-pyrrole nitrogens is 1. The highest BCUT2D eigenvalue weighted by Gasteiger charge is 2.47. The van der Waals surface area contributed by atoms with E-state index in [0.717, 1.165) is 0 Å². The largest absolute Gasteiger partial charge is 0.507 e. The number of sulfonamides is 1. The van der Waals surface area contributed by atoms with Gasteiger partial charge in [0.2, 0.25) is 10.0 Å². The fourth-order valence-electron chi connectivity index (χ4n) is 4.13. The average Bonchev–Trinajstić information content (AvgIpc) is 3.43. The molecule has 4 heterocycles. The van der Waals surface area contributed by atoms with Crippen LogP contribution in [0, 0.1) is 13.8 Å². The van der Waals surface area contributed by atoms with Crippen LogP contribution in [-0.4, -0.2) is 69.5 Å². The lowest BCUT2D eigenvalue weighted by Crippen LogP contribution is -2.36. The van der Waals surface area contributed by atoms with Gasteiger partial charge < -0.3 is 19.6 Å². The zero-order valence-corrected chi connectivity index (χ0v) is 17.8. The van der Waals surface area contributed by atoms with Crippen molar-refractivity contribution >= 4 is 15.5 Å². The lowest BCUT2D eigenvalue weighted by molar-refractivity contribution is -0.142. The molecule has 0 bridgehead atoms. The van der Waals surface area contributed by atoms with E-state index in [2.05, 4.69) is 15.1 Å². The van der Waals surface area contributed by atoms with Crippen molar-refractivity contribution in [2.75, 3.05) is 26.3 Å². The molecular weight excluding hydrogens is 426 g/mol. The summed E-state index contributed by atoms with van der Waals surface area (Å²) in [5.74, 6) is -0.562. The van der Waals surface area contributed by atoms with Crippen molar-refractivity contribution in [3.8, 4) is 17.1 Å². The summed E-state index contributed by atoms with van der Waals surface area (Å²) in [6, 6.07) is 3.89. The van der Waals surface area contributed by atoms with E-state index in [1.807, 2.05) is 0 Å². The van der Waals surface area contributed by atoms with Crippen LogP contribution in [0.15, 0.2) is 27.9 Å². The van der Waals surface area contributed by atoms with E-state index in [1.165, 1.54) is 27.0 Å². The van der Waals surface area contributed by atoms with Crippen molar-refractivity contribution in [3.63, 3.8) is 0 Å². The number of hydrogen-bond acceptors (Lipinski definition) is 8. The van der Waals surface area contributed by atoms with Crippen molar-refractivity contribution in [1.82, 2.24) is 23.9 Å². The minimum absolute atomic E-state index is 0.0309. The van der Waals surface area contributed by atoms with Crippen LogP contribution in [0.25, 0.3) is 16.9 Å². The Balaban J connectivity index is 1.56. The summed E-state index contributed by atoms with van der Waals surface area (Å²) >= 11 is 0. The number of fused-ring (bicyclic) bond motifs is 1. The van der Waals surface area contributed by atoms with Gasteiger partial charge in [-0.2, -0.15) is 4.31 Å². The number of aromatic amines is 1. The summed E-state index contributed by atoms with van der Waals surface area (Å²) in [7, 11) is -3.88. The first-order chi connectivity index (χ1) is 14.7. The number of benzene rings is 1. The van der Waals surface area contributed by atoms with Gasteiger partial charge in [0.05, 0.1) is 35.9 Å². The molecule has 11 nitrogen and oxygen atoms in total. The summed E-state index contributed by atoms with van der Waals surface area (Å²) in [5, 5.41) is 14.7. The zero-order chi connectivity index (χ0) is 22.0. The molecule has 164 valence electrons. The molecular formula is C19H21N5O6S. The molecule has 2 aliphatic rings. The van der Waals surface area contributed by atoms with Gasteiger partial charge >= 0.3 is 0 Å². The summed E-state index contributed by atoms with van der Waals surface area (Å²) in [6.07, 6.45) is 0.446. The molecule has 1 spiro atoms. The molecule has 0 unspecified atom stereocenters. The topological polar surface area (TPSA) is 139 Å². The Kier molecular flexibility index (Phi) is 4.45. The predicted octanol–water partition coefficient (Wildman–Crippen LogP) is 0.545. The van der Waals surface area contributed by atoms with Gasteiger partial charge in [0.15, 0.2) is 17.1 Å². The highest BCUT2D eigenvalue weighted by molar-refractivity contribution is 7.89. The SMILES string of the molecule is Cc1nc(C)n2nc(-c3cc(S(=O)(=O)N4CCC5(C4)OCCO5)ccc3O)[nH]c(=O)c12. The maximum Gasteiger partial charge on any atom is 0.277 e. The Morgan fingerprint density at radius 3 is 2.71 bits per heavy atom. The Labute approximate surface area is 177 Å². The van der Waals surface area contributed by atoms with Crippen molar-refractivity contribution < 1.29 is 23.0 Å². The number of hydrogen-bond donors (Lipinski definition) is 2. The van der Waals surface area contributed by atoms with E-state index in [0.29, 0.717) is 36.7 Å². The van der Waals surface area contributed by atoms with Crippen LogP contribution in [-0.2, 0) is 19.5 Å². The molecule has 5 rings (SSSR count). The standard InChI is InChI=1S/C19H21N5O6S/c1-11-16-18(26)21-17(22-24(16)12(2)20-11)14-9-13(3-4-15(14)25)31(27,28)23-6-5-19(10-23)29-7-8-30-19/h3-4,9,25H,5-8,10H2,1-2H3,(H,21,22,26). The van der Waals surface area contributed by atoms with E-state index in [1.54, 1.807) is 13.8 Å². The Hall–Kier alpha value is -2.80. The number of phenols is 1. The molecule has 3 aromatic rings. The summed E-state index contributed by atoms with van der Waals surface area (Å²) in [6.45, 7) is 4.63. The minimum atomic E-state index is -3.88. The van der Waals surface area contributed by atoms with Crippen molar-refractivity contribution in [2.24, 2.45) is 0 Å². The van der Waals surface area contributed by atoms with Crippen LogP contribution >= 0.6 is 0 Å². The number of aromatic hydroxyl groups is 1.